The van der Waals surface area contributed by atoms with Crippen LogP contribution in [0, 0.1) is 5.92 Å². The Kier molecular flexibility index (Phi) is 5.16. The van der Waals surface area contributed by atoms with E-state index in [1.54, 1.807) is 17.6 Å². The molecule has 25 heavy (non-hydrogen) atoms. The van der Waals surface area contributed by atoms with Crippen molar-refractivity contribution in [3.8, 4) is 0 Å². The number of fused-ring (bicyclic) bond motifs is 1. The number of ether oxygens (including phenoxy) is 1. The fourth-order valence-corrected chi connectivity index (χ4v) is 5.09. The zero-order valence-electron chi connectivity index (χ0n) is 15.5. The van der Waals surface area contributed by atoms with Crippen LogP contribution in [0.4, 0.5) is 0 Å². The number of piperidine rings is 1. The van der Waals surface area contributed by atoms with Crippen LogP contribution in [0.3, 0.4) is 0 Å². The molecule has 1 saturated heterocycles. The lowest BCUT2D eigenvalue weighted by Gasteiger charge is -2.33. The molecule has 0 aliphatic carbocycles. The minimum atomic E-state index is -3.49. The van der Waals surface area contributed by atoms with E-state index >= 15 is 0 Å². The Morgan fingerprint density at radius 2 is 2.04 bits per heavy atom. The van der Waals surface area contributed by atoms with Gasteiger partial charge in [0.2, 0.25) is 0 Å². The van der Waals surface area contributed by atoms with Crippen molar-refractivity contribution in [1.82, 2.24) is 18.6 Å². The van der Waals surface area contributed by atoms with Gasteiger partial charge in [0.25, 0.3) is 10.2 Å². The average molecular weight is 369 g/mol. The molecule has 3 rings (SSSR count). The highest BCUT2D eigenvalue weighted by Gasteiger charge is 2.37. The Balaban J connectivity index is 1.76. The number of rotatable bonds is 4. The molecule has 140 valence electrons. The molecule has 7 nitrogen and oxygen atoms in total. The van der Waals surface area contributed by atoms with Crippen molar-refractivity contribution in [1.29, 1.82) is 0 Å². The fraction of sp³-hybridized carbons (Fsp3) is 0.765. The molecule has 1 atom stereocenters. The summed E-state index contributed by atoms with van der Waals surface area (Å²) in [5.74, 6) is 1.02. The Morgan fingerprint density at radius 3 is 2.72 bits per heavy atom. The minimum absolute atomic E-state index is 0.151. The van der Waals surface area contributed by atoms with E-state index in [0.717, 1.165) is 29.9 Å². The SMILES string of the molecule is COCC1CCCN(S(=O)(=O)N2Cc3cnc(C(C)(C)C)nc3C2)C1. The Morgan fingerprint density at radius 1 is 1.28 bits per heavy atom. The van der Waals surface area contributed by atoms with E-state index < -0.39 is 10.2 Å². The van der Waals surface area contributed by atoms with E-state index in [2.05, 4.69) is 30.7 Å². The van der Waals surface area contributed by atoms with Gasteiger partial charge in [-0.1, -0.05) is 20.8 Å². The third-order valence-electron chi connectivity index (χ3n) is 4.83. The average Bonchev–Trinajstić information content (AvgIpc) is 2.98. The van der Waals surface area contributed by atoms with Gasteiger partial charge in [0.05, 0.1) is 18.8 Å². The van der Waals surface area contributed by atoms with Crippen LogP contribution in [0.5, 0.6) is 0 Å². The minimum Gasteiger partial charge on any atom is -0.384 e. The second-order valence-corrected chi connectivity index (χ2v) is 9.94. The molecular weight excluding hydrogens is 340 g/mol. The third-order valence-corrected chi connectivity index (χ3v) is 6.73. The van der Waals surface area contributed by atoms with Crippen LogP contribution in [0.1, 0.15) is 50.7 Å². The summed E-state index contributed by atoms with van der Waals surface area (Å²) < 4.78 is 34.4. The van der Waals surface area contributed by atoms with E-state index in [4.69, 9.17) is 4.74 Å². The maximum Gasteiger partial charge on any atom is 0.282 e. The van der Waals surface area contributed by atoms with E-state index in [-0.39, 0.29) is 11.3 Å². The molecule has 0 amide bonds. The predicted octanol–water partition coefficient (Wildman–Crippen LogP) is 1.69. The molecule has 1 fully saturated rings. The van der Waals surface area contributed by atoms with Crippen molar-refractivity contribution in [2.45, 2.75) is 52.1 Å². The van der Waals surface area contributed by atoms with E-state index in [1.807, 2.05) is 0 Å². The van der Waals surface area contributed by atoms with Crippen molar-refractivity contribution in [3.63, 3.8) is 0 Å². The molecule has 0 N–H and O–H groups in total. The maximum absolute atomic E-state index is 13.1. The summed E-state index contributed by atoms with van der Waals surface area (Å²) >= 11 is 0. The second-order valence-electron chi connectivity index (χ2n) is 8.01. The standard InChI is InChI=1S/C17H28N4O3S/c1-17(2,3)16-18-8-14-10-21(11-15(14)19-16)25(22,23)20-7-5-6-13(9-20)12-24-4/h8,13H,5-7,9-12H2,1-4H3. The molecular formula is C17H28N4O3S. The highest BCUT2D eigenvalue weighted by Crippen LogP contribution is 2.29. The molecule has 2 aliphatic rings. The van der Waals surface area contributed by atoms with Gasteiger partial charge < -0.3 is 4.74 Å². The van der Waals surface area contributed by atoms with E-state index in [0.29, 0.717) is 32.8 Å². The topological polar surface area (TPSA) is 75.6 Å². The van der Waals surface area contributed by atoms with Crippen molar-refractivity contribution in [2.24, 2.45) is 5.92 Å². The smallest absolute Gasteiger partial charge is 0.282 e. The van der Waals surface area contributed by atoms with Crippen LogP contribution < -0.4 is 0 Å². The number of aromatic nitrogens is 2. The molecule has 1 aromatic rings. The van der Waals surface area contributed by atoms with Crippen LogP contribution in [0.25, 0.3) is 0 Å². The lowest BCUT2D eigenvalue weighted by molar-refractivity contribution is 0.116. The molecule has 8 heteroatoms. The number of nitrogens with zero attached hydrogens (tertiary/aromatic N) is 4. The molecule has 2 aliphatic heterocycles. The normalized spacial score (nSPS) is 23.0. The predicted molar refractivity (Wildman–Crippen MR) is 95.1 cm³/mol. The molecule has 1 aromatic heterocycles. The Hall–Kier alpha value is -1.09. The Bertz CT molecular complexity index is 728. The molecule has 0 spiro atoms. The van der Waals surface area contributed by atoms with Crippen LogP contribution in [0.2, 0.25) is 0 Å². The summed E-state index contributed by atoms with van der Waals surface area (Å²) in [5, 5.41) is 0. The third kappa shape index (κ3) is 3.86. The zero-order valence-corrected chi connectivity index (χ0v) is 16.3. The molecule has 0 radical (unpaired) electrons. The van der Waals surface area contributed by atoms with Gasteiger partial charge in [-0.15, -0.1) is 0 Å². The van der Waals surface area contributed by atoms with Crippen molar-refractivity contribution in [2.75, 3.05) is 26.8 Å². The highest BCUT2D eigenvalue weighted by molar-refractivity contribution is 7.86. The molecule has 1 unspecified atom stereocenters. The molecule has 3 heterocycles. The van der Waals surface area contributed by atoms with E-state index in [9.17, 15) is 8.42 Å². The number of methoxy groups -OCH3 is 1. The van der Waals surface area contributed by atoms with Crippen LogP contribution in [0.15, 0.2) is 6.20 Å². The first kappa shape index (κ1) is 18.7. The van der Waals surface area contributed by atoms with Gasteiger partial charge >= 0.3 is 0 Å². The van der Waals surface area contributed by atoms with Gasteiger partial charge in [-0.3, -0.25) is 0 Å². The monoisotopic (exact) mass is 368 g/mol. The largest absolute Gasteiger partial charge is 0.384 e. The first-order valence-electron chi connectivity index (χ1n) is 8.81. The molecule has 0 aromatic carbocycles. The van der Waals surface area contributed by atoms with Gasteiger partial charge in [0.15, 0.2) is 0 Å². The fourth-order valence-electron chi connectivity index (χ4n) is 3.42. The zero-order chi connectivity index (χ0) is 18.2. The number of hydrogen-bond acceptors (Lipinski definition) is 5. The van der Waals surface area contributed by atoms with Crippen molar-refractivity contribution < 1.29 is 13.2 Å². The summed E-state index contributed by atoms with van der Waals surface area (Å²) in [5.41, 5.74) is 1.58. The lowest BCUT2D eigenvalue weighted by Crippen LogP contribution is -2.47. The lowest BCUT2D eigenvalue weighted by atomic mass is 9.95. The van der Waals surface area contributed by atoms with Gasteiger partial charge in [0, 0.05) is 43.9 Å². The summed E-state index contributed by atoms with van der Waals surface area (Å²) in [6, 6.07) is 0. The molecule has 0 bridgehead atoms. The van der Waals surface area contributed by atoms with Crippen LogP contribution in [-0.4, -0.2) is 53.8 Å². The quantitative estimate of drug-likeness (QED) is 0.808. The first-order valence-corrected chi connectivity index (χ1v) is 10.2. The molecule has 0 saturated carbocycles. The summed E-state index contributed by atoms with van der Waals surface area (Å²) in [4.78, 5) is 9.05. The summed E-state index contributed by atoms with van der Waals surface area (Å²) in [7, 11) is -1.82. The van der Waals surface area contributed by atoms with Gasteiger partial charge in [-0.2, -0.15) is 17.0 Å². The number of hydrogen-bond donors (Lipinski definition) is 0. The van der Waals surface area contributed by atoms with Gasteiger partial charge in [-0.25, -0.2) is 9.97 Å². The maximum atomic E-state index is 13.1. The Labute approximate surface area is 150 Å². The van der Waals surface area contributed by atoms with Crippen molar-refractivity contribution in [3.05, 3.63) is 23.3 Å². The highest BCUT2D eigenvalue weighted by atomic mass is 32.2. The van der Waals surface area contributed by atoms with Crippen LogP contribution >= 0.6 is 0 Å². The van der Waals surface area contributed by atoms with E-state index in [1.165, 1.54) is 4.31 Å². The summed E-state index contributed by atoms with van der Waals surface area (Å²) in [6.07, 6.45) is 3.67. The van der Waals surface area contributed by atoms with Crippen molar-refractivity contribution >= 4 is 10.2 Å². The first-order chi connectivity index (χ1) is 11.7. The second kappa shape index (κ2) is 6.90. The summed E-state index contributed by atoms with van der Waals surface area (Å²) in [6.45, 7) is 8.57. The van der Waals surface area contributed by atoms with Gasteiger partial charge in [0.1, 0.15) is 5.82 Å². The van der Waals surface area contributed by atoms with Gasteiger partial charge in [-0.05, 0) is 18.8 Å². The van der Waals surface area contributed by atoms with Crippen LogP contribution in [-0.2, 0) is 33.5 Å².